The minimum Gasteiger partial charge on any atom is -0.508 e. The van der Waals surface area contributed by atoms with E-state index in [0.29, 0.717) is 17.6 Å². The highest BCUT2D eigenvalue weighted by atomic mass is 16.3. The third kappa shape index (κ3) is 2.58. The lowest BCUT2D eigenvalue weighted by Crippen LogP contribution is -2.46. The van der Waals surface area contributed by atoms with E-state index >= 15 is 0 Å². The summed E-state index contributed by atoms with van der Waals surface area (Å²) in [5.74, 6) is 1.66. The fraction of sp³-hybridized carbons (Fsp3) is 0.700. The summed E-state index contributed by atoms with van der Waals surface area (Å²) in [5.41, 5.74) is 3.17. The Hall–Kier alpha value is -1.06. The van der Waals surface area contributed by atoms with Crippen LogP contribution in [-0.4, -0.2) is 41.9 Å². The highest BCUT2D eigenvalue weighted by Crippen LogP contribution is 2.64. The van der Waals surface area contributed by atoms with Crippen molar-refractivity contribution in [3.05, 3.63) is 29.3 Å². The lowest BCUT2D eigenvalue weighted by atomic mass is 9.60. The number of aliphatic hydroxyl groups excluding tert-OH is 1. The quantitative estimate of drug-likeness (QED) is 0.896. The molecule has 0 heterocycles. The van der Waals surface area contributed by atoms with E-state index in [2.05, 4.69) is 38.8 Å². The Morgan fingerprint density at radius 3 is 2.61 bits per heavy atom. The van der Waals surface area contributed by atoms with Crippen molar-refractivity contribution in [2.24, 2.45) is 17.3 Å². The van der Waals surface area contributed by atoms with Crippen LogP contribution in [0.25, 0.3) is 0 Å². The normalized spacial score (nSPS) is 31.9. The van der Waals surface area contributed by atoms with E-state index < -0.39 is 0 Å². The number of phenols is 1. The van der Waals surface area contributed by atoms with E-state index in [0.717, 1.165) is 19.5 Å². The molecule has 128 valence electrons. The Morgan fingerprint density at radius 2 is 2.00 bits per heavy atom. The van der Waals surface area contributed by atoms with Gasteiger partial charge in [-0.2, -0.15) is 0 Å². The van der Waals surface area contributed by atoms with Crippen LogP contribution in [0.1, 0.15) is 44.7 Å². The second kappa shape index (κ2) is 5.78. The molecule has 0 bridgehead atoms. The molecule has 0 saturated heterocycles. The molecule has 2 N–H and O–H groups in total. The molecule has 3 rings (SSSR count). The summed E-state index contributed by atoms with van der Waals surface area (Å²) in [7, 11) is 2.11. The maximum atomic E-state index is 10.1. The summed E-state index contributed by atoms with van der Waals surface area (Å²) in [5, 5.41) is 19.3. The van der Waals surface area contributed by atoms with E-state index in [9.17, 15) is 10.2 Å². The largest absolute Gasteiger partial charge is 0.508 e. The topological polar surface area (TPSA) is 43.7 Å². The summed E-state index contributed by atoms with van der Waals surface area (Å²) in [4.78, 5) is 2.26. The number of aliphatic hydroxyl groups is 1. The molecule has 0 amide bonds. The van der Waals surface area contributed by atoms with Gasteiger partial charge in [0.1, 0.15) is 5.75 Å². The minimum absolute atomic E-state index is 0.143. The van der Waals surface area contributed by atoms with Gasteiger partial charge < -0.3 is 15.1 Å². The molecule has 23 heavy (non-hydrogen) atoms. The number of fused-ring (bicyclic) bond motifs is 2. The zero-order valence-corrected chi connectivity index (χ0v) is 15.0. The molecule has 1 aromatic carbocycles. The molecule has 0 aromatic heterocycles. The predicted molar refractivity (Wildman–Crippen MR) is 93.7 cm³/mol. The molecule has 1 aromatic rings. The van der Waals surface area contributed by atoms with Crippen molar-refractivity contribution in [2.45, 2.75) is 45.4 Å². The number of hydrogen-bond donors (Lipinski definition) is 2. The predicted octanol–water partition coefficient (Wildman–Crippen LogP) is 3.18. The standard InChI is InChI=1S/C20H31NO2/c1-14-11-19(2,3)20(12-14)16(13-21(4)7-8-22)9-15-5-6-17(23)10-18(15)20/h5-6,10,14,16,22-23H,7-9,11-13H2,1-4H3/t14-,16?,20?/m0/s1. The van der Waals surface area contributed by atoms with E-state index in [1.54, 1.807) is 0 Å². The van der Waals surface area contributed by atoms with Crippen LogP contribution in [0.5, 0.6) is 5.75 Å². The molecule has 0 radical (unpaired) electrons. The molecule has 2 aliphatic carbocycles. The van der Waals surface area contributed by atoms with Crippen molar-refractivity contribution < 1.29 is 10.2 Å². The van der Waals surface area contributed by atoms with Crippen molar-refractivity contribution in [3.63, 3.8) is 0 Å². The van der Waals surface area contributed by atoms with Gasteiger partial charge in [-0.15, -0.1) is 0 Å². The summed E-state index contributed by atoms with van der Waals surface area (Å²) < 4.78 is 0. The van der Waals surface area contributed by atoms with Crippen LogP contribution in [0.15, 0.2) is 18.2 Å². The number of phenolic OH excluding ortho intramolecular Hbond substituents is 1. The maximum absolute atomic E-state index is 10.1. The second-order valence-electron chi connectivity index (χ2n) is 8.60. The molecular formula is C20H31NO2. The first-order chi connectivity index (χ1) is 10.8. The Kier molecular flexibility index (Phi) is 4.22. The van der Waals surface area contributed by atoms with E-state index in [1.165, 1.54) is 24.0 Å². The first kappa shape index (κ1) is 16.8. The van der Waals surface area contributed by atoms with Gasteiger partial charge in [0.2, 0.25) is 0 Å². The average molecular weight is 317 g/mol. The Balaban J connectivity index is 2.05. The highest BCUT2D eigenvalue weighted by Gasteiger charge is 2.59. The van der Waals surface area contributed by atoms with Gasteiger partial charge in [-0.3, -0.25) is 0 Å². The van der Waals surface area contributed by atoms with Gasteiger partial charge in [-0.25, -0.2) is 0 Å². The number of rotatable bonds is 4. The fourth-order valence-corrected chi connectivity index (χ4v) is 5.82. The summed E-state index contributed by atoms with van der Waals surface area (Å²) in [6, 6.07) is 5.98. The molecule has 3 atom stereocenters. The van der Waals surface area contributed by atoms with E-state index in [-0.39, 0.29) is 17.4 Å². The molecule has 1 fully saturated rings. The zero-order chi connectivity index (χ0) is 16.8. The van der Waals surface area contributed by atoms with Crippen LogP contribution < -0.4 is 0 Å². The minimum atomic E-state index is 0.143. The van der Waals surface area contributed by atoms with Crippen LogP contribution in [0.2, 0.25) is 0 Å². The van der Waals surface area contributed by atoms with Crippen LogP contribution in [-0.2, 0) is 11.8 Å². The van der Waals surface area contributed by atoms with Crippen LogP contribution in [0, 0.1) is 17.3 Å². The molecule has 0 aliphatic heterocycles. The number of aromatic hydroxyl groups is 1. The van der Waals surface area contributed by atoms with Gasteiger partial charge in [-0.05, 0) is 66.8 Å². The monoisotopic (exact) mass is 317 g/mol. The first-order valence-corrected chi connectivity index (χ1v) is 8.92. The van der Waals surface area contributed by atoms with Crippen molar-refractivity contribution in [2.75, 3.05) is 26.7 Å². The Bertz CT molecular complexity index is 583. The molecule has 2 unspecified atom stereocenters. The van der Waals surface area contributed by atoms with Gasteiger partial charge in [0.25, 0.3) is 0 Å². The number of likely N-dealkylation sites (N-methyl/N-ethyl adjacent to an activating group) is 1. The summed E-state index contributed by atoms with van der Waals surface area (Å²) in [6.45, 7) is 9.13. The molecule has 2 aliphatic rings. The molecular weight excluding hydrogens is 286 g/mol. The molecule has 1 spiro atoms. The average Bonchev–Trinajstić information content (AvgIpc) is 2.86. The number of nitrogens with zero attached hydrogens (tertiary/aromatic N) is 1. The highest BCUT2D eigenvalue weighted by molar-refractivity contribution is 5.48. The smallest absolute Gasteiger partial charge is 0.115 e. The second-order valence-corrected chi connectivity index (χ2v) is 8.60. The summed E-state index contributed by atoms with van der Waals surface area (Å²) in [6.07, 6.45) is 3.53. The first-order valence-electron chi connectivity index (χ1n) is 8.92. The third-order valence-corrected chi connectivity index (χ3v) is 6.49. The van der Waals surface area contributed by atoms with Crippen molar-refractivity contribution >= 4 is 0 Å². The Labute approximate surface area is 140 Å². The van der Waals surface area contributed by atoms with Gasteiger partial charge >= 0.3 is 0 Å². The van der Waals surface area contributed by atoms with Gasteiger partial charge in [0, 0.05) is 18.5 Å². The van der Waals surface area contributed by atoms with Crippen LogP contribution >= 0.6 is 0 Å². The van der Waals surface area contributed by atoms with E-state index in [4.69, 9.17) is 0 Å². The Morgan fingerprint density at radius 1 is 1.26 bits per heavy atom. The SMILES string of the molecule is C[C@H]1CC(C)(C)C2(C1)c1cc(O)ccc1CC2CN(C)CCO. The van der Waals surface area contributed by atoms with Gasteiger partial charge in [-0.1, -0.05) is 26.8 Å². The maximum Gasteiger partial charge on any atom is 0.115 e. The molecule has 1 saturated carbocycles. The van der Waals surface area contributed by atoms with E-state index in [1.807, 2.05) is 12.1 Å². The molecule has 3 nitrogen and oxygen atoms in total. The van der Waals surface area contributed by atoms with Crippen molar-refractivity contribution in [1.82, 2.24) is 4.90 Å². The molecule has 3 heteroatoms. The number of benzene rings is 1. The van der Waals surface area contributed by atoms with Crippen LogP contribution in [0.3, 0.4) is 0 Å². The fourth-order valence-electron chi connectivity index (χ4n) is 5.82. The lowest BCUT2D eigenvalue weighted by Gasteiger charge is -2.45. The lowest BCUT2D eigenvalue weighted by molar-refractivity contribution is 0.102. The van der Waals surface area contributed by atoms with Crippen LogP contribution in [0.4, 0.5) is 0 Å². The van der Waals surface area contributed by atoms with Crippen molar-refractivity contribution in [1.29, 1.82) is 0 Å². The zero-order valence-electron chi connectivity index (χ0n) is 15.0. The third-order valence-electron chi connectivity index (χ3n) is 6.49. The van der Waals surface area contributed by atoms with Gasteiger partial charge in [0.15, 0.2) is 0 Å². The summed E-state index contributed by atoms with van der Waals surface area (Å²) >= 11 is 0. The number of hydrogen-bond acceptors (Lipinski definition) is 3. The van der Waals surface area contributed by atoms with Crippen molar-refractivity contribution in [3.8, 4) is 5.75 Å². The van der Waals surface area contributed by atoms with Gasteiger partial charge in [0.05, 0.1) is 6.61 Å².